The van der Waals surface area contributed by atoms with Crippen molar-refractivity contribution in [2.75, 3.05) is 37.4 Å². The van der Waals surface area contributed by atoms with Gasteiger partial charge in [0, 0.05) is 26.1 Å². The number of methoxy groups -OCH3 is 1. The molecule has 0 spiro atoms. The van der Waals surface area contributed by atoms with Crippen molar-refractivity contribution in [1.82, 2.24) is 10.2 Å². The molecule has 2 amide bonds. The first kappa shape index (κ1) is 31.9. The smallest absolute Gasteiger partial charge is 0.242 e. The normalized spacial score (nSPS) is 12.1. The fraction of sp³-hybridized carbons (Fsp3) is 0.517. The van der Waals surface area contributed by atoms with Gasteiger partial charge in [0.05, 0.1) is 25.7 Å². The lowest BCUT2D eigenvalue weighted by molar-refractivity contribution is -0.141. The van der Waals surface area contributed by atoms with E-state index in [4.69, 9.17) is 9.47 Å². The van der Waals surface area contributed by atoms with Crippen molar-refractivity contribution in [3.63, 3.8) is 0 Å². The van der Waals surface area contributed by atoms with Gasteiger partial charge in [-0.1, -0.05) is 32.9 Å². The average Bonchev–Trinajstić information content (AvgIpc) is 2.90. The molecule has 1 unspecified atom stereocenters. The van der Waals surface area contributed by atoms with Crippen LogP contribution in [0.5, 0.6) is 11.5 Å². The summed E-state index contributed by atoms with van der Waals surface area (Å²) in [6.07, 6.45) is 1.96. The Kier molecular flexibility index (Phi) is 12.6. The zero-order valence-electron chi connectivity index (χ0n) is 24.0. The van der Waals surface area contributed by atoms with Crippen LogP contribution in [0.25, 0.3) is 0 Å². The summed E-state index contributed by atoms with van der Waals surface area (Å²) in [7, 11) is -2.00. The second kappa shape index (κ2) is 15.4. The van der Waals surface area contributed by atoms with Gasteiger partial charge in [-0.15, -0.1) is 0 Å². The second-order valence-corrected chi connectivity index (χ2v) is 11.7. The molecular weight excluding hydrogens is 518 g/mol. The van der Waals surface area contributed by atoms with E-state index in [0.29, 0.717) is 36.8 Å². The van der Waals surface area contributed by atoms with Gasteiger partial charge in [-0.05, 0) is 67.6 Å². The number of carbonyl (C=O) groups is 2. The van der Waals surface area contributed by atoms with E-state index < -0.39 is 16.1 Å². The number of rotatable bonds is 16. The fourth-order valence-electron chi connectivity index (χ4n) is 4.19. The number of carbonyl (C=O) groups excluding carboxylic acids is 2. The largest absolute Gasteiger partial charge is 0.497 e. The van der Waals surface area contributed by atoms with Gasteiger partial charge in [-0.25, -0.2) is 8.42 Å². The molecule has 9 nitrogen and oxygen atoms in total. The lowest BCUT2D eigenvalue weighted by Crippen LogP contribution is -2.49. The van der Waals surface area contributed by atoms with E-state index in [0.717, 1.165) is 11.8 Å². The predicted molar refractivity (Wildman–Crippen MR) is 155 cm³/mol. The molecule has 2 aromatic rings. The summed E-state index contributed by atoms with van der Waals surface area (Å²) in [4.78, 5) is 28.2. The van der Waals surface area contributed by atoms with Crippen LogP contribution < -0.4 is 19.1 Å². The Bertz CT molecular complexity index is 1170. The Balaban J connectivity index is 2.22. The molecule has 0 aliphatic heterocycles. The van der Waals surface area contributed by atoms with Gasteiger partial charge >= 0.3 is 0 Å². The van der Waals surface area contributed by atoms with Crippen LogP contribution in [0.1, 0.15) is 52.5 Å². The highest BCUT2D eigenvalue weighted by molar-refractivity contribution is 7.92. The minimum Gasteiger partial charge on any atom is -0.497 e. The number of anilines is 1. The Morgan fingerprint density at radius 3 is 2.28 bits per heavy atom. The molecule has 2 aromatic carbocycles. The van der Waals surface area contributed by atoms with Gasteiger partial charge in [-0.3, -0.25) is 13.9 Å². The number of hydrogen-bond donors (Lipinski definition) is 1. The molecule has 1 atom stereocenters. The third kappa shape index (κ3) is 10.1. The van der Waals surface area contributed by atoms with Gasteiger partial charge in [0.1, 0.15) is 17.5 Å². The molecule has 39 heavy (non-hydrogen) atoms. The molecule has 0 saturated heterocycles. The summed E-state index contributed by atoms with van der Waals surface area (Å²) in [6.45, 7) is 9.17. The monoisotopic (exact) mass is 561 g/mol. The SMILES string of the molecule is CCOc1ccc(N(CCCC(=O)N(Cc2cccc(OC)c2)C(CC)C(=O)NCC(C)C)S(C)(=O)=O)cc1. The Morgan fingerprint density at radius 2 is 1.72 bits per heavy atom. The van der Waals surface area contributed by atoms with Crippen LogP contribution in [0.3, 0.4) is 0 Å². The predicted octanol–water partition coefficient (Wildman–Crippen LogP) is 4.22. The van der Waals surface area contributed by atoms with Crippen molar-refractivity contribution >= 4 is 27.5 Å². The van der Waals surface area contributed by atoms with E-state index in [9.17, 15) is 18.0 Å². The minimum atomic E-state index is -3.58. The van der Waals surface area contributed by atoms with Gasteiger partial charge in [0.15, 0.2) is 0 Å². The minimum absolute atomic E-state index is 0.0843. The fourth-order valence-corrected chi connectivity index (χ4v) is 5.15. The zero-order valence-corrected chi connectivity index (χ0v) is 24.8. The maximum atomic E-state index is 13.6. The Labute approximate surface area is 233 Å². The molecule has 0 saturated carbocycles. The molecule has 0 aliphatic rings. The number of nitrogens with zero attached hydrogens (tertiary/aromatic N) is 2. The highest BCUT2D eigenvalue weighted by Crippen LogP contribution is 2.23. The molecular formula is C29H43N3O6S. The summed E-state index contributed by atoms with van der Waals surface area (Å²) >= 11 is 0. The van der Waals surface area contributed by atoms with E-state index in [1.807, 2.05) is 52.0 Å². The summed E-state index contributed by atoms with van der Waals surface area (Å²) in [5.74, 6) is 1.17. The number of amides is 2. The first-order valence-corrected chi connectivity index (χ1v) is 15.3. The molecule has 0 bridgehead atoms. The van der Waals surface area contributed by atoms with Gasteiger partial charge in [0.25, 0.3) is 0 Å². The Morgan fingerprint density at radius 1 is 1.03 bits per heavy atom. The van der Waals surface area contributed by atoms with Crippen molar-refractivity contribution in [3.8, 4) is 11.5 Å². The summed E-state index contributed by atoms with van der Waals surface area (Å²) in [5, 5.41) is 2.95. The van der Waals surface area contributed by atoms with Crippen molar-refractivity contribution in [2.45, 2.75) is 59.5 Å². The first-order chi connectivity index (χ1) is 18.5. The van der Waals surface area contributed by atoms with E-state index >= 15 is 0 Å². The van der Waals surface area contributed by atoms with Crippen LogP contribution >= 0.6 is 0 Å². The maximum absolute atomic E-state index is 13.6. The maximum Gasteiger partial charge on any atom is 0.242 e. The number of benzene rings is 2. The third-order valence-electron chi connectivity index (χ3n) is 6.15. The van der Waals surface area contributed by atoms with Crippen molar-refractivity contribution in [1.29, 1.82) is 0 Å². The van der Waals surface area contributed by atoms with Crippen LogP contribution in [-0.2, 0) is 26.2 Å². The number of ether oxygens (including phenoxy) is 2. The highest BCUT2D eigenvalue weighted by atomic mass is 32.2. The van der Waals surface area contributed by atoms with Crippen molar-refractivity contribution in [3.05, 3.63) is 54.1 Å². The van der Waals surface area contributed by atoms with E-state index in [1.165, 1.54) is 4.31 Å². The lowest BCUT2D eigenvalue weighted by Gasteiger charge is -2.31. The number of hydrogen-bond acceptors (Lipinski definition) is 6. The third-order valence-corrected chi connectivity index (χ3v) is 7.34. The van der Waals surface area contributed by atoms with Gasteiger partial charge in [-0.2, -0.15) is 0 Å². The first-order valence-electron chi connectivity index (χ1n) is 13.4. The van der Waals surface area contributed by atoms with E-state index in [-0.39, 0.29) is 43.7 Å². The topological polar surface area (TPSA) is 105 Å². The second-order valence-electron chi connectivity index (χ2n) is 9.80. The molecule has 10 heteroatoms. The van der Waals surface area contributed by atoms with Gasteiger partial charge in [0.2, 0.25) is 21.8 Å². The highest BCUT2D eigenvalue weighted by Gasteiger charge is 2.29. The van der Waals surface area contributed by atoms with Crippen molar-refractivity contribution < 1.29 is 27.5 Å². The molecule has 0 aromatic heterocycles. The van der Waals surface area contributed by atoms with Crippen LogP contribution in [0.4, 0.5) is 5.69 Å². The quantitative estimate of drug-likeness (QED) is 0.329. The number of sulfonamides is 1. The van der Waals surface area contributed by atoms with Crippen LogP contribution in [0.15, 0.2) is 48.5 Å². The molecule has 216 valence electrons. The van der Waals surface area contributed by atoms with Crippen molar-refractivity contribution in [2.24, 2.45) is 5.92 Å². The standard InChI is InChI=1S/C29H43N3O6S/c1-7-27(29(34)30-20-22(3)4)31(21-23-11-9-12-26(19-23)37-5)28(33)13-10-18-32(39(6,35)36)24-14-16-25(17-15-24)38-8-2/h9,11-12,14-17,19,22,27H,7-8,10,13,18,20-21H2,1-6H3,(H,30,34). The van der Waals surface area contributed by atoms with E-state index in [2.05, 4.69) is 5.32 Å². The lowest BCUT2D eigenvalue weighted by atomic mass is 10.1. The van der Waals surface area contributed by atoms with E-state index in [1.54, 1.807) is 36.3 Å². The van der Waals surface area contributed by atoms with Crippen LogP contribution in [0.2, 0.25) is 0 Å². The molecule has 0 fully saturated rings. The summed E-state index contributed by atoms with van der Waals surface area (Å²) in [6, 6.07) is 13.6. The van der Waals surface area contributed by atoms with Crippen LogP contribution in [-0.4, -0.2) is 64.2 Å². The number of nitrogens with one attached hydrogen (secondary N) is 1. The average molecular weight is 562 g/mol. The Hall–Kier alpha value is -3.27. The zero-order chi connectivity index (χ0) is 29.0. The molecule has 0 radical (unpaired) electrons. The van der Waals surface area contributed by atoms with Gasteiger partial charge < -0.3 is 19.7 Å². The molecule has 0 heterocycles. The van der Waals surface area contributed by atoms with Crippen LogP contribution in [0, 0.1) is 5.92 Å². The molecule has 2 rings (SSSR count). The molecule has 1 N–H and O–H groups in total. The summed E-state index contributed by atoms with van der Waals surface area (Å²) in [5.41, 5.74) is 1.34. The summed E-state index contributed by atoms with van der Waals surface area (Å²) < 4.78 is 37.2. The molecule has 0 aliphatic carbocycles.